The molecule has 0 spiro atoms. The third kappa shape index (κ3) is 3.20. The molecule has 0 atom stereocenters. The van der Waals surface area contributed by atoms with Crippen molar-refractivity contribution < 1.29 is 13.5 Å². The Morgan fingerprint density at radius 2 is 1.90 bits per heavy atom. The summed E-state index contributed by atoms with van der Waals surface area (Å²) in [7, 11) is 1.71. The minimum atomic E-state index is -0.651. The van der Waals surface area contributed by atoms with Crippen LogP contribution < -0.4 is 10.1 Å². The summed E-state index contributed by atoms with van der Waals surface area (Å²) in [6, 6.07) is 4.54. The SMILES string of the molecule is CNc1cc(Oc2cc(F)ccc2F)nc(C(C)C)n1. The highest BCUT2D eigenvalue weighted by molar-refractivity contribution is 5.40. The van der Waals surface area contributed by atoms with Gasteiger partial charge in [-0.1, -0.05) is 13.8 Å². The lowest BCUT2D eigenvalue weighted by molar-refractivity contribution is 0.419. The summed E-state index contributed by atoms with van der Waals surface area (Å²) in [5.41, 5.74) is 0. The molecule has 0 saturated heterocycles. The topological polar surface area (TPSA) is 47.0 Å². The fraction of sp³-hybridized carbons (Fsp3) is 0.286. The number of hydrogen-bond donors (Lipinski definition) is 1. The third-order valence-electron chi connectivity index (χ3n) is 2.60. The molecule has 0 aliphatic heterocycles. The van der Waals surface area contributed by atoms with Gasteiger partial charge in [0.1, 0.15) is 17.5 Å². The second-order valence-electron chi connectivity index (χ2n) is 4.53. The predicted molar refractivity (Wildman–Crippen MR) is 72.1 cm³/mol. The molecular formula is C14H15F2N3O. The molecule has 2 rings (SSSR count). The maximum Gasteiger partial charge on any atom is 0.224 e. The van der Waals surface area contributed by atoms with Crippen LogP contribution >= 0.6 is 0 Å². The van der Waals surface area contributed by atoms with Gasteiger partial charge >= 0.3 is 0 Å². The highest BCUT2D eigenvalue weighted by atomic mass is 19.1. The molecule has 0 unspecified atom stereocenters. The van der Waals surface area contributed by atoms with E-state index in [0.29, 0.717) is 11.6 Å². The summed E-state index contributed by atoms with van der Waals surface area (Å²) in [5, 5.41) is 2.88. The summed E-state index contributed by atoms with van der Waals surface area (Å²) in [6.07, 6.45) is 0. The van der Waals surface area contributed by atoms with Crippen LogP contribution in [-0.2, 0) is 0 Å². The van der Waals surface area contributed by atoms with Crippen molar-refractivity contribution in [3.05, 3.63) is 41.7 Å². The lowest BCUT2D eigenvalue weighted by Gasteiger charge is -2.11. The zero-order valence-electron chi connectivity index (χ0n) is 11.4. The van der Waals surface area contributed by atoms with Crippen LogP contribution in [0.5, 0.6) is 11.6 Å². The van der Waals surface area contributed by atoms with Gasteiger partial charge < -0.3 is 10.1 Å². The van der Waals surface area contributed by atoms with Gasteiger partial charge in [-0.2, -0.15) is 4.98 Å². The molecule has 6 heteroatoms. The van der Waals surface area contributed by atoms with Gasteiger partial charge in [0, 0.05) is 25.1 Å². The molecule has 1 heterocycles. The van der Waals surface area contributed by atoms with E-state index in [4.69, 9.17) is 4.74 Å². The third-order valence-corrected chi connectivity index (χ3v) is 2.60. The fourth-order valence-corrected chi connectivity index (χ4v) is 1.55. The largest absolute Gasteiger partial charge is 0.436 e. The molecule has 2 aromatic rings. The Morgan fingerprint density at radius 3 is 2.55 bits per heavy atom. The van der Waals surface area contributed by atoms with Gasteiger partial charge in [0.15, 0.2) is 11.6 Å². The second-order valence-corrected chi connectivity index (χ2v) is 4.53. The molecule has 4 nitrogen and oxygen atoms in total. The Morgan fingerprint density at radius 1 is 1.15 bits per heavy atom. The van der Waals surface area contributed by atoms with Crippen molar-refractivity contribution in [3.8, 4) is 11.6 Å². The fourth-order valence-electron chi connectivity index (χ4n) is 1.55. The van der Waals surface area contributed by atoms with E-state index in [9.17, 15) is 8.78 Å². The number of anilines is 1. The van der Waals surface area contributed by atoms with E-state index in [1.54, 1.807) is 7.05 Å². The Labute approximate surface area is 115 Å². The highest BCUT2D eigenvalue weighted by Crippen LogP contribution is 2.26. The lowest BCUT2D eigenvalue weighted by atomic mass is 10.2. The molecule has 0 bridgehead atoms. The van der Waals surface area contributed by atoms with Crippen LogP contribution in [0.25, 0.3) is 0 Å². The second kappa shape index (κ2) is 5.81. The first-order chi connectivity index (χ1) is 9.49. The Kier molecular flexibility index (Phi) is 4.12. The highest BCUT2D eigenvalue weighted by Gasteiger charge is 2.11. The molecule has 0 aliphatic rings. The van der Waals surface area contributed by atoms with E-state index in [0.717, 1.165) is 18.2 Å². The van der Waals surface area contributed by atoms with Gasteiger partial charge in [-0.3, -0.25) is 0 Å². The van der Waals surface area contributed by atoms with Crippen LogP contribution in [-0.4, -0.2) is 17.0 Å². The monoisotopic (exact) mass is 279 g/mol. The van der Waals surface area contributed by atoms with Crippen LogP contribution in [0, 0.1) is 11.6 Å². The molecule has 0 aliphatic carbocycles. The van der Waals surface area contributed by atoms with Crippen molar-refractivity contribution in [1.29, 1.82) is 0 Å². The molecule has 1 N–H and O–H groups in total. The van der Waals surface area contributed by atoms with Gasteiger partial charge in [0.2, 0.25) is 5.88 Å². The van der Waals surface area contributed by atoms with E-state index >= 15 is 0 Å². The summed E-state index contributed by atoms with van der Waals surface area (Å²) >= 11 is 0. The Bertz CT molecular complexity index is 617. The minimum absolute atomic E-state index is 0.0861. The standard InChI is InChI=1S/C14H15F2N3O/c1-8(2)14-18-12(17-3)7-13(19-14)20-11-6-9(15)4-5-10(11)16/h4-8H,1-3H3,(H,17,18,19). The quantitative estimate of drug-likeness (QED) is 0.926. The van der Waals surface area contributed by atoms with Crippen molar-refractivity contribution in [2.75, 3.05) is 12.4 Å². The number of aromatic nitrogens is 2. The molecule has 1 aromatic heterocycles. The average Bonchev–Trinajstić information content (AvgIpc) is 2.42. The molecule has 0 amide bonds. The zero-order valence-corrected chi connectivity index (χ0v) is 11.4. The molecule has 1 aromatic carbocycles. The molecule has 106 valence electrons. The van der Waals surface area contributed by atoms with Crippen LogP contribution in [0.1, 0.15) is 25.6 Å². The van der Waals surface area contributed by atoms with Gasteiger partial charge in [0.25, 0.3) is 0 Å². The number of nitrogens with zero attached hydrogens (tertiary/aromatic N) is 2. The number of benzene rings is 1. The van der Waals surface area contributed by atoms with E-state index < -0.39 is 11.6 Å². The number of ether oxygens (including phenoxy) is 1. The number of rotatable bonds is 4. The molecule has 0 fully saturated rings. The normalized spacial score (nSPS) is 10.7. The van der Waals surface area contributed by atoms with Crippen LogP contribution in [0.15, 0.2) is 24.3 Å². The van der Waals surface area contributed by atoms with Crippen LogP contribution in [0.2, 0.25) is 0 Å². The first-order valence-electron chi connectivity index (χ1n) is 6.19. The minimum Gasteiger partial charge on any atom is -0.436 e. The zero-order chi connectivity index (χ0) is 14.7. The maximum absolute atomic E-state index is 13.5. The van der Waals surface area contributed by atoms with Gasteiger partial charge in [-0.15, -0.1) is 0 Å². The van der Waals surface area contributed by atoms with Crippen molar-refractivity contribution in [2.24, 2.45) is 0 Å². The smallest absolute Gasteiger partial charge is 0.224 e. The predicted octanol–water partition coefficient (Wildman–Crippen LogP) is 3.71. The Hall–Kier alpha value is -2.24. The summed E-state index contributed by atoms with van der Waals surface area (Å²) < 4.78 is 32.0. The van der Waals surface area contributed by atoms with Gasteiger partial charge in [0.05, 0.1) is 0 Å². The van der Waals surface area contributed by atoms with Crippen LogP contribution in [0.3, 0.4) is 0 Å². The Balaban J connectivity index is 2.37. The average molecular weight is 279 g/mol. The number of hydrogen-bond acceptors (Lipinski definition) is 4. The van der Waals surface area contributed by atoms with Crippen molar-refractivity contribution in [3.63, 3.8) is 0 Å². The molecule has 0 radical (unpaired) electrons. The number of nitrogens with one attached hydrogen (secondary N) is 1. The molecular weight excluding hydrogens is 264 g/mol. The number of halogens is 2. The maximum atomic E-state index is 13.5. The van der Waals surface area contributed by atoms with Crippen molar-refractivity contribution in [1.82, 2.24) is 9.97 Å². The van der Waals surface area contributed by atoms with Crippen molar-refractivity contribution in [2.45, 2.75) is 19.8 Å². The summed E-state index contributed by atoms with van der Waals surface area (Å²) in [6.45, 7) is 3.86. The molecule has 20 heavy (non-hydrogen) atoms. The summed E-state index contributed by atoms with van der Waals surface area (Å²) in [5.74, 6) is -0.0734. The lowest BCUT2D eigenvalue weighted by Crippen LogP contribution is -2.03. The first-order valence-corrected chi connectivity index (χ1v) is 6.19. The first kappa shape index (κ1) is 14.2. The van der Waals surface area contributed by atoms with E-state index in [1.165, 1.54) is 6.07 Å². The summed E-state index contributed by atoms with van der Waals surface area (Å²) in [4.78, 5) is 8.45. The molecule has 0 saturated carbocycles. The van der Waals surface area contributed by atoms with Gasteiger partial charge in [-0.05, 0) is 12.1 Å². The van der Waals surface area contributed by atoms with E-state index in [-0.39, 0.29) is 17.5 Å². The van der Waals surface area contributed by atoms with Gasteiger partial charge in [-0.25, -0.2) is 13.8 Å². The van der Waals surface area contributed by atoms with E-state index in [2.05, 4.69) is 15.3 Å². The van der Waals surface area contributed by atoms with E-state index in [1.807, 2.05) is 13.8 Å². The van der Waals surface area contributed by atoms with Crippen molar-refractivity contribution >= 4 is 5.82 Å². The van der Waals surface area contributed by atoms with Crippen LogP contribution in [0.4, 0.5) is 14.6 Å².